The molecule has 2 rings (SSSR count). The molecule has 0 aliphatic heterocycles. The van der Waals surface area contributed by atoms with Crippen molar-refractivity contribution >= 4 is 12.0 Å². The van der Waals surface area contributed by atoms with Crippen molar-refractivity contribution in [3.63, 3.8) is 0 Å². The Morgan fingerprint density at radius 3 is 1.96 bits per heavy atom. The van der Waals surface area contributed by atoms with Gasteiger partial charge in [-0.3, -0.25) is 0 Å². The van der Waals surface area contributed by atoms with Crippen LogP contribution in [-0.4, -0.2) is 4.55 Å². The van der Waals surface area contributed by atoms with Crippen molar-refractivity contribution < 1.29 is 26.9 Å². The van der Waals surface area contributed by atoms with Crippen LogP contribution < -0.4 is 4.74 Å². The number of hydrogen-bond donors (Lipinski definition) is 1. The van der Waals surface area contributed by atoms with Crippen LogP contribution >= 0.6 is 12.0 Å². The Balaban J connectivity index is 2.31. The third kappa shape index (κ3) is 4.10. The number of halogens is 4. The molecule has 2 nitrogen and oxygen atoms in total. The molecular weight excluding hydrogens is 356 g/mol. The van der Waals surface area contributed by atoms with E-state index in [9.17, 15) is 17.6 Å². The van der Waals surface area contributed by atoms with Gasteiger partial charge in [-0.05, 0) is 36.5 Å². The van der Waals surface area contributed by atoms with Crippen LogP contribution in [0.1, 0.15) is 44.6 Å². The van der Waals surface area contributed by atoms with Crippen LogP contribution in [-0.2, 0) is 0 Å². The standard InChI is InChI=1S/C18H18F4O2S/c1-3-5-10(4-2)11-6-8-12(9-7-11)24-17-13(19)15(21)18(25-23)16(22)14(17)20/h6-10,23H,3-5H2,1-2H3. The number of hydrogen-bond acceptors (Lipinski definition) is 3. The lowest BCUT2D eigenvalue weighted by molar-refractivity contribution is 0.352. The highest BCUT2D eigenvalue weighted by molar-refractivity contribution is 7.93. The molecule has 0 bridgehead atoms. The molecule has 0 aliphatic rings. The van der Waals surface area contributed by atoms with Crippen molar-refractivity contribution in [3.05, 3.63) is 53.1 Å². The molecule has 0 radical (unpaired) electrons. The van der Waals surface area contributed by atoms with Crippen LogP contribution in [0, 0.1) is 23.3 Å². The molecule has 0 fully saturated rings. The first-order chi connectivity index (χ1) is 11.9. The molecule has 1 unspecified atom stereocenters. The minimum absolute atomic E-state index is 0.0519. The van der Waals surface area contributed by atoms with Gasteiger partial charge in [0.05, 0.1) is 0 Å². The Bertz CT molecular complexity index is 706. The highest BCUT2D eigenvalue weighted by atomic mass is 32.2. The van der Waals surface area contributed by atoms with Gasteiger partial charge in [0.2, 0.25) is 17.4 Å². The molecule has 0 aromatic heterocycles. The summed E-state index contributed by atoms with van der Waals surface area (Å²) in [5.74, 6) is -7.56. The maximum atomic E-state index is 13.9. The van der Waals surface area contributed by atoms with Crippen LogP contribution in [0.5, 0.6) is 11.5 Å². The first-order valence-electron chi connectivity index (χ1n) is 7.89. The highest BCUT2D eigenvalue weighted by Crippen LogP contribution is 2.37. The molecule has 0 heterocycles. The molecule has 136 valence electrons. The first-order valence-corrected chi connectivity index (χ1v) is 8.67. The van der Waals surface area contributed by atoms with Crippen LogP contribution in [0.25, 0.3) is 0 Å². The van der Waals surface area contributed by atoms with E-state index in [1.165, 1.54) is 12.1 Å². The summed E-state index contributed by atoms with van der Waals surface area (Å²) in [6, 6.07) is 6.52. The zero-order valence-corrected chi connectivity index (χ0v) is 14.6. The van der Waals surface area contributed by atoms with E-state index >= 15 is 0 Å². The van der Waals surface area contributed by atoms with Gasteiger partial charge in [0.25, 0.3) is 0 Å². The van der Waals surface area contributed by atoms with Crippen LogP contribution in [0.4, 0.5) is 17.6 Å². The minimum Gasteiger partial charge on any atom is -0.451 e. The molecule has 2 aromatic rings. The molecule has 0 amide bonds. The summed E-state index contributed by atoms with van der Waals surface area (Å²) >= 11 is -0.408. The molecule has 0 saturated heterocycles. The Morgan fingerprint density at radius 2 is 1.52 bits per heavy atom. The van der Waals surface area contributed by atoms with Gasteiger partial charge >= 0.3 is 0 Å². The first kappa shape index (κ1) is 19.6. The lowest BCUT2D eigenvalue weighted by atomic mass is 9.92. The van der Waals surface area contributed by atoms with E-state index in [-0.39, 0.29) is 5.75 Å². The van der Waals surface area contributed by atoms with Crippen molar-refractivity contribution in [2.24, 2.45) is 0 Å². The minimum atomic E-state index is -1.70. The molecule has 2 aromatic carbocycles. The van der Waals surface area contributed by atoms with E-state index in [0.717, 1.165) is 24.8 Å². The lowest BCUT2D eigenvalue weighted by Crippen LogP contribution is -2.03. The summed E-state index contributed by atoms with van der Waals surface area (Å²) in [5, 5.41) is 0. The second kappa shape index (κ2) is 8.58. The second-order valence-electron chi connectivity index (χ2n) is 5.57. The van der Waals surface area contributed by atoms with Crippen molar-refractivity contribution in [2.45, 2.75) is 43.9 Å². The molecule has 25 heavy (non-hydrogen) atoms. The summed E-state index contributed by atoms with van der Waals surface area (Å²) in [7, 11) is 0. The Labute approximate surface area is 148 Å². The zero-order chi connectivity index (χ0) is 18.6. The van der Waals surface area contributed by atoms with Gasteiger partial charge in [-0.15, -0.1) is 0 Å². The third-order valence-corrected chi connectivity index (χ3v) is 4.52. The van der Waals surface area contributed by atoms with E-state index in [2.05, 4.69) is 13.8 Å². The monoisotopic (exact) mass is 374 g/mol. The van der Waals surface area contributed by atoms with Crippen molar-refractivity contribution in [1.29, 1.82) is 0 Å². The molecule has 1 atom stereocenters. The average molecular weight is 374 g/mol. The Kier molecular flexibility index (Phi) is 6.72. The van der Waals surface area contributed by atoms with Gasteiger partial charge in [0, 0.05) is 12.0 Å². The predicted octanol–water partition coefficient (Wildman–Crippen LogP) is 6.89. The number of benzene rings is 2. The van der Waals surface area contributed by atoms with Gasteiger partial charge < -0.3 is 9.29 Å². The SMILES string of the molecule is CCCC(CC)c1ccc(Oc2c(F)c(F)c(SO)c(F)c2F)cc1. The molecule has 0 aliphatic carbocycles. The molecule has 0 spiro atoms. The van der Waals surface area contributed by atoms with E-state index in [1.807, 2.05) is 0 Å². The van der Waals surface area contributed by atoms with E-state index in [0.29, 0.717) is 5.92 Å². The summed E-state index contributed by atoms with van der Waals surface area (Å²) < 4.78 is 68.9. The number of ether oxygens (including phenoxy) is 1. The lowest BCUT2D eigenvalue weighted by Gasteiger charge is -2.15. The van der Waals surface area contributed by atoms with Crippen molar-refractivity contribution in [3.8, 4) is 11.5 Å². The van der Waals surface area contributed by atoms with E-state index < -0.39 is 46.0 Å². The molecule has 1 N–H and O–H groups in total. The summed E-state index contributed by atoms with van der Waals surface area (Å²) in [6.45, 7) is 4.16. The van der Waals surface area contributed by atoms with Gasteiger partial charge in [-0.25, -0.2) is 8.78 Å². The van der Waals surface area contributed by atoms with Crippen molar-refractivity contribution in [1.82, 2.24) is 0 Å². The Morgan fingerprint density at radius 1 is 0.960 bits per heavy atom. The summed E-state index contributed by atoms with van der Waals surface area (Å²) in [5.41, 5.74) is 1.06. The fourth-order valence-electron chi connectivity index (χ4n) is 2.64. The smallest absolute Gasteiger partial charge is 0.205 e. The Hall–Kier alpha value is -1.73. The average Bonchev–Trinajstić information content (AvgIpc) is 2.63. The van der Waals surface area contributed by atoms with E-state index in [4.69, 9.17) is 9.29 Å². The predicted molar refractivity (Wildman–Crippen MR) is 89.2 cm³/mol. The van der Waals surface area contributed by atoms with Gasteiger partial charge in [0.1, 0.15) is 10.6 Å². The fraction of sp³-hybridized carbons (Fsp3) is 0.333. The summed E-state index contributed by atoms with van der Waals surface area (Å²) in [6.07, 6.45) is 2.99. The fourth-order valence-corrected chi connectivity index (χ4v) is 2.98. The van der Waals surface area contributed by atoms with Crippen LogP contribution in [0.3, 0.4) is 0 Å². The topological polar surface area (TPSA) is 29.5 Å². The molecule has 7 heteroatoms. The molecule has 0 saturated carbocycles. The van der Waals surface area contributed by atoms with Crippen LogP contribution in [0.2, 0.25) is 0 Å². The summed E-state index contributed by atoms with van der Waals surface area (Å²) in [4.78, 5) is -1.15. The quantitative estimate of drug-likeness (QED) is 0.325. The van der Waals surface area contributed by atoms with Gasteiger partial charge in [-0.2, -0.15) is 8.78 Å². The second-order valence-corrected chi connectivity index (χ2v) is 6.16. The van der Waals surface area contributed by atoms with E-state index in [1.54, 1.807) is 12.1 Å². The highest BCUT2D eigenvalue weighted by Gasteiger charge is 2.27. The molecular formula is C18H18F4O2S. The normalized spacial score (nSPS) is 12.3. The zero-order valence-electron chi connectivity index (χ0n) is 13.8. The van der Waals surface area contributed by atoms with Gasteiger partial charge in [-0.1, -0.05) is 32.4 Å². The maximum Gasteiger partial charge on any atom is 0.205 e. The van der Waals surface area contributed by atoms with Gasteiger partial charge in [0.15, 0.2) is 11.6 Å². The maximum absolute atomic E-state index is 13.9. The van der Waals surface area contributed by atoms with Crippen LogP contribution in [0.15, 0.2) is 29.2 Å². The third-order valence-electron chi connectivity index (χ3n) is 3.98. The van der Waals surface area contributed by atoms with Crippen molar-refractivity contribution in [2.75, 3.05) is 0 Å². The largest absolute Gasteiger partial charge is 0.451 e. The number of rotatable bonds is 7.